The summed E-state index contributed by atoms with van der Waals surface area (Å²) in [5, 5.41) is 0. The van der Waals surface area contributed by atoms with Crippen molar-refractivity contribution in [2.45, 2.75) is 380 Å². The molecule has 0 aromatic heterocycles. The summed E-state index contributed by atoms with van der Waals surface area (Å²) in [5.41, 5.74) is 0. The molecule has 0 aromatic carbocycles. The lowest BCUT2D eigenvalue weighted by Gasteiger charge is -2.28. The monoisotopic (exact) mass is 1360 g/mol. The SMILES string of the molecule is CC/C=C\C/C=C\C/C=C\C/C=C\C/C=C\C/C=C\CCCCCCCCCCCCCCCCCCC(=O)OC(COC(=O)CCCCCCCCCCCCCCCCCCCCCCCC/C=C\C/C=C\C/C=C\CCCCCCC)COP(=O)([O-])OCC[N+](C)(C)C. The number of unbranched alkanes of at least 4 members (excludes halogenated alkanes) is 43. The molecule has 0 spiro atoms. The topological polar surface area (TPSA) is 111 Å². The van der Waals surface area contributed by atoms with Crippen molar-refractivity contribution in [3.63, 3.8) is 0 Å². The van der Waals surface area contributed by atoms with Gasteiger partial charge in [0.2, 0.25) is 0 Å². The fraction of sp³-hybridized carbons (Fsp3) is 0.767. The smallest absolute Gasteiger partial charge is 0.306 e. The molecule has 0 amide bonds. The first kappa shape index (κ1) is 92.7. The molecule has 0 saturated carbocycles. The van der Waals surface area contributed by atoms with Crippen LogP contribution in [-0.4, -0.2) is 70.0 Å². The highest BCUT2D eigenvalue weighted by Crippen LogP contribution is 2.38. The molecule has 9 nitrogen and oxygen atoms in total. The van der Waals surface area contributed by atoms with Crippen LogP contribution in [-0.2, 0) is 32.7 Å². The summed E-state index contributed by atoms with van der Waals surface area (Å²) in [6, 6.07) is 0. The number of hydrogen-bond donors (Lipinski definition) is 0. The van der Waals surface area contributed by atoms with Gasteiger partial charge in [-0.05, 0) is 103 Å². The number of phosphoric ester groups is 1. The Balaban J connectivity index is 3.94. The number of phosphoric acid groups is 1. The Bertz CT molecular complexity index is 1990. The van der Waals surface area contributed by atoms with Gasteiger partial charge in [0, 0.05) is 12.8 Å². The van der Waals surface area contributed by atoms with Crippen LogP contribution < -0.4 is 4.89 Å². The summed E-state index contributed by atoms with van der Waals surface area (Å²) in [4.78, 5) is 38.2. The zero-order valence-corrected chi connectivity index (χ0v) is 64.5. The number of carbonyl (C=O) groups excluding carboxylic acids is 2. The maximum Gasteiger partial charge on any atom is 0.306 e. The van der Waals surface area contributed by atoms with Crippen LogP contribution in [0.3, 0.4) is 0 Å². The van der Waals surface area contributed by atoms with Gasteiger partial charge in [-0.15, -0.1) is 0 Å². The first-order valence-corrected chi connectivity index (χ1v) is 42.1. The predicted molar refractivity (Wildman–Crippen MR) is 415 cm³/mol. The molecule has 2 unspecified atom stereocenters. The maximum atomic E-state index is 12.9. The molecule has 0 aromatic rings. The number of quaternary nitrogens is 1. The zero-order chi connectivity index (χ0) is 69.7. The Labute approximate surface area is 595 Å². The van der Waals surface area contributed by atoms with Crippen LogP contribution in [0.5, 0.6) is 0 Å². The average molecular weight is 1360 g/mol. The Morgan fingerprint density at radius 2 is 0.594 bits per heavy atom. The number of rotatable bonds is 75. The summed E-state index contributed by atoms with van der Waals surface area (Å²) in [7, 11) is 1.18. The lowest BCUT2D eigenvalue weighted by atomic mass is 10.0. The van der Waals surface area contributed by atoms with Crippen LogP contribution in [0, 0.1) is 0 Å². The van der Waals surface area contributed by atoms with Gasteiger partial charge in [-0.25, -0.2) is 0 Å². The van der Waals surface area contributed by atoms with E-state index in [2.05, 4.69) is 123 Å². The molecule has 556 valence electrons. The van der Waals surface area contributed by atoms with Gasteiger partial charge in [0.1, 0.15) is 19.8 Å². The van der Waals surface area contributed by atoms with Crippen LogP contribution in [0.2, 0.25) is 0 Å². The largest absolute Gasteiger partial charge is 0.756 e. The highest BCUT2D eigenvalue weighted by atomic mass is 31.2. The maximum absolute atomic E-state index is 12.9. The van der Waals surface area contributed by atoms with Crippen molar-refractivity contribution in [2.24, 2.45) is 0 Å². The highest BCUT2D eigenvalue weighted by molar-refractivity contribution is 7.45. The molecule has 0 radical (unpaired) electrons. The zero-order valence-electron chi connectivity index (χ0n) is 63.6. The molecule has 96 heavy (non-hydrogen) atoms. The number of carbonyl (C=O) groups is 2. The third-order valence-electron chi connectivity index (χ3n) is 17.8. The minimum Gasteiger partial charge on any atom is -0.756 e. The van der Waals surface area contributed by atoms with Gasteiger partial charge >= 0.3 is 11.9 Å². The number of hydrogen-bond acceptors (Lipinski definition) is 8. The Morgan fingerprint density at radius 3 is 0.885 bits per heavy atom. The minimum absolute atomic E-state index is 0.0320. The van der Waals surface area contributed by atoms with E-state index in [0.717, 1.165) is 89.9 Å². The number of esters is 2. The second-order valence-electron chi connectivity index (χ2n) is 28.4. The van der Waals surface area contributed by atoms with Gasteiger partial charge in [0.05, 0.1) is 27.7 Å². The fourth-order valence-electron chi connectivity index (χ4n) is 11.6. The summed E-state index contributed by atoms with van der Waals surface area (Å²) in [6.45, 7) is 4.16. The van der Waals surface area contributed by atoms with Crippen molar-refractivity contribution in [2.75, 3.05) is 47.5 Å². The van der Waals surface area contributed by atoms with Crippen molar-refractivity contribution < 1.29 is 42.1 Å². The molecule has 2 atom stereocenters. The Morgan fingerprint density at radius 1 is 0.333 bits per heavy atom. The Kier molecular flexibility index (Phi) is 73.2. The molecule has 10 heteroatoms. The molecule has 0 fully saturated rings. The van der Waals surface area contributed by atoms with Crippen molar-refractivity contribution in [1.82, 2.24) is 0 Å². The number of allylic oxidation sites excluding steroid dienone is 18. The Hall–Kier alpha value is -3.33. The minimum atomic E-state index is -4.65. The molecule has 0 N–H and O–H groups in total. The molecule has 0 saturated heterocycles. The molecule has 0 aliphatic carbocycles. The van der Waals surface area contributed by atoms with E-state index < -0.39 is 26.5 Å². The molecule has 0 bridgehead atoms. The van der Waals surface area contributed by atoms with E-state index >= 15 is 0 Å². The van der Waals surface area contributed by atoms with E-state index in [1.807, 2.05) is 21.1 Å². The van der Waals surface area contributed by atoms with Gasteiger partial charge in [0.15, 0.2) is 6.10 Å². The second-order valence-corrected chi connectivity index (χ2v) is 29.8. The van der Waals surface area contributed by atoms with Crippen LogP contribution in [0.4, 0.5) is 0 Å². The second kappa shape index (κ2) is 75.9. The first-order chi connectivity index (χ1) is 47.0. The lowest BCUT2D eigenvalue weighted by Crippen LogP contribution is -2.37. The first-order valence-electron chi connectivity index (χ1n) is 40.6. The summed E-state index contributed by atoms with van der Waals surface area (Å²) in [5.74, 6) is -0.819. The van der Waals surface area contributed by atoms with Gasteiger partial charge in [0.25, 0.3) is 7.82 Å². The average Bonchev–Trinajstić information content (AvgIpc) is 2.74. The van der Waals surface area contributed by atoms with Gasteiger partial charge in [-0.2, -0.15) is 0 Å². The third-order valence-corrected chi connectivity index (χ3v) is 18.7. The lowest BCUT2D eigenvalue weighted by molar-refractivity contribution is -0.870. The summed E-state index contributed by atoms with van der Waals surface area (Å²) in [6.07, 6.45) is 108. The van der Waals surface area contributed by atoms with Crippen LogP contribution in [0.15, 0.2) is 109 Å². The van der Waals surface area contributed by atoms with Crippen LogP contribution >= 0.6 is 7.82 Å². The van der Waals surface area contributed by atoms with Crippen LogP contribution in [0.25, 0.3) is 0 Å². The van der Waals surface area contributed by atoms with Gasteiger partial charge < -0.3 is 27.9 Å². The molecular formula is C86H154NO8P. The van der Waals surface area contributed by atoms with Crippen molar-refractivity contribution in [3.05, 3.63) is 109 Å². The van der Waals surface area contributed by atoms with E-state index in [1.54, 1.807) is 0 Å². The van der Waals surface area contributed by atoms with E-state index in [9.17, 15) is 19.0 Å². The van der Waals surface area contributed by atoms with E-state index in [0.29, 0.717) is 17.4 Å². The third kappa shape index (κ3) is 79.7. The number of ether oxygens (including phenoxy) is 2. The highest BCUT2D eigenvalue weighted by Gasteiger charge is 2.22. The van der Waals surface area contributed by atoms with Crippen molar-refractivity contribution in [3.8, 4) is 0 Å². The van der Waals surface area contributed by atoms with E-state index in [1.165, 1.54) is 250 Å². The van der Waals surface area contributed by atoms with Gasteiger partial charge in [-0.1, -0.05) is 367 Å². The van der Waals surface area contributed by atoms with E-state index in [-0.39, 0.29) is 32.0 Å². The molecule has 0 heterocycles. The number of nitrogens with zero attached hydrogens (tertiary/aromatic N) is 1. The molecule has 0 aliphatic rings. The standard InChI is InChI=1S/C86H154NO8P/c1-6-8-10-12-14-16-18-20-22-24-26-28-30-32-34-36-38-40-42-43-45-46-48-50-52-54-56-58-60-62-64-66-68-70-72-74-76-78-85(88)92-82-84(83-94-96(90,91)93-81-80-87(3,4)5)95-86(89)79-77-75-73-71-69-67-65-63-61-59-57-55-53-51-49-47-44-41-39-37-35-33-31-29-27-25-23-21-19-17-15-13-11-9-7-2/h9,11,15,17-18,20-21,23-24,26-27,29-30,32-33,35,39,41,84H,6-8,10,12-14,16,19,22,25,28,31,34,36-38,40,42-83H2,1-5H3/b11-9-,17-15-,20-18-,23-21-,26-24-,29-27-,32-30-,35-33-,41-39-. The van der Waals surface area contributed by atoms with Gasteiger partial charge in [-0.3, -0.25) is 14.2 Å². The fourth-order valence-corrected chi connectivity index (χ4v) is 12.3. The van der Waals surface area contributed by atoms with E-state index in [4.69, 9.17) is 18.5 Å². The summed E-state index contributed by atoms with van der Waals surface area (Å²) >= 11 is 0. The normalized spacial score (nSPS) is 13.6. The van der Waals surface area contributed by atoms with Crippen LogP contribution in [0.1, 0.15) is 373 Å². The van der Waals surface area contributed by atoms with Crippen molar-refractivity contribution in [1.29, 1.82) is 0 Å². The quantitative estimate of drug-likeness (QED) is 0.0195. The number of likely N-dealkylation sites (N-methyl/N-ethyl adjacent to an activating group) is 1. The summed E-state index contributed by atoms with van der Waals surface area (Å²) < 4.78 is 34.4. The molecule has 0 rings (SSSR count). The van der Waals surface area contributed by atoms with Crippen molar-refractivity contribution >= 4 is 19.8 Å². The molecular weight excluding hydrogens is 1210 g/mol. The predicted octanol–water partition coefficient (Wildman–Crippen LogP) is 26.5. The molecule has 0 aliphatic heterocycles.